The van der Waals surface area contributed by atoms with Crippen molar-refractivity contribution in [2.75, 3.05) is 19.8 Å². The monoisotopic (exact) mass is 297 g/mol. The van der Waals surface area contributed by atoms with Crippen LogP contribution < -0.4 is 5.32 Å². The van der Waals surface area contributed by atoms with Crippen LogP contribution in [0.2, 0.25) is 5.02 Å². The van der Waals surface area contributed by atoms with Gasteiger partial charge in [-0.05, 0) is 31.5 Å². The highest BCUT2D eigenvalue weighted by atomic mass is 35.5. The van der Waals surface area contributed by atoms with Crippen LogP contribution in [-0.2, 0) is 14.9 Å². The molecule has 1 atom stereocenters. The first-order chi connectivity index (χ1) is 9.33. The molecule has 4 nitrogen and oxygen atoms in total. The molecule has 1 aliphatic rings. The molecule has 1 aromatic carbocycles. The minimum atomic E-state index is -0.944. The highest BCUT2D eigenvalue weighted by Gasteiger charge is 2.35. The molecule has 1 aromatic rings. The maximum atomic E-state index is 12.4. The van der Waals surface area contributed by atoms with E-state index in [2.05, 4.69) is 5.32 Å². The Kier molecular flexibility index (Phi) is 4.37. The van der Waals surface area contributed by atoms with Crippen LogP contribution in [0.3, 0.4) is 0 Å². The number of amides is 1. The average Bonchev–Trinajstić information content (AvgIpc) is 2.83. The molecule has 110 valence electrons. The summed E-state index contributed by atoms with van der Waals surface area (Å²) in [7, 11) is 0. The Bertz CT molecular complexity index is 496. The summed E-state index contributed by atoms with van der Waals surface area (Å²) in [5.74, 6) is -0.139. The van der Waals surface area contributed by atoms with E-state index in [0.717, 1.165) is 5.56 Å². The highest BCUT2D eigenvalue weighted by molar-refractivity contribution is 6.30. The Labute approximate surface area is 124 Å². The van der Waals surface area contributed by atoms with Crippen molar-refractivity contribution in [3.8, 4) is 0 Å². The van der Waals surface area contributed by atoms with Gasteiger partial charge in [-0.1, -0.05) is 23.7 Å². The van der Waals surface area contributed by atoms with Gasteiger partial charge in [-0.25, -0.2) is 0 Å². The molecule has 1 aliphatic heterocycles. The van der Waals surface area contributed by atoms with Gasteiger partial charge in [0, 0.05) is 24.6 Å². The standard InChI is InChI=1S/C15H20ClNO3/c1-14(2,11-4-3-5-12(16)8-11)13(18)17-9-15(19)6-7-20-10-15/h3-5,8,19H,6-7,9-10H2,1-2H3,(H,17,18)/t15-/m0/s1. The molecule has 1 saturated heterocycles. The smallest absolute Gasteiger partial charge is 0.230 e. The average molecular weight is 298 g/mol. The zero-order valence-electron chi connectivity index (χ0n) is 11.8. The molecule has 1 heterocycles. The number of rotatable bonds is 4. The number of nitrogens with one attached hydrogen (secondary N) is 1. The second-order valence-electron chi connectivity index (χ2n) is 5.84. The third kappa shape index (κ3) is 3.32. The van der Waals surface area contributed by atoms with Gasteiger partial charge in [0.15, 0.2) is 0 Å². The van der Waals surface area contributed by atoms with E-state index in [1.54, 1.807) is 12.1 Å². The van der Waals surface area contributed by atoms with Gasteiger partial charge in [-0.2, -0.15) is 0 Å². The predicted molar refractivity (Wildman–Crippen MR) is 77.9 cm³/mol. The zero-order valence-corrected chi connectivity index (χ0v) is 12.5. The lowest BCUT2D eigenvalue weighted by atomic mass is 9.83. The van der Waals surface area contributed by atoms with Crippen molar-refractivity contribution in [1.82, 2.24) is 5.32 Å². The fraction of sp³-hybridized carbons (Fsp3) is 0.533. The lowest BCUT2D eigenvalue weighted by Crippen LogP contribution is -2.48. The van der Waals surface area contributed by atoms with E-state index in [9.17, 15) is 9.90 Å². The van der Waals surface area contributed by atoms with Gasteiger partial charge in [0.1, 0.15) is 5.60 Å². The van der Waals surface area contributed by atoms with Crippen molar-refractivity contribution in [2.45, 2.75) is 31.3 Å². The minimum Gasteiger partial charge on any atom is -0.386 e. The predicted octanol–water partition coefficient (Wildman–Crippen LogP) is 1.89. The van der Waals surface area contributed by atoms with E-state index < -0.39 is 11.0 Å². The lowest BCUT2D eigenvalue weighted by molar-refractivity contribution is -0.126. The molecule has 20 heavy (non-hydrogen) atoms. The molecular weight excluding hydrogens is 278 g/mol. The van der Waals surface area contributed by atoms with E-state index in [-0.39, 0.29) is 19.1 Å². The van der Waals surface area contributed by atoms with E-state index >= 15 is 0 Å². The third-order valence-electron chi connectivity index (χ3n) is 3.77. The molecule has 0 radical (unpaired) electrons. The fourth-order valence-electron chi connectivity index (χ4n) is 2.21. The van der Waals surface area contributed by atoms with Gasteiger partial charge in [-0.15, -0.1) is 0 Å². The normalized spacial score (nSPS) is 22.8. The highest BCUT2D eigenvalue weighted by Crippen LogP contribution is 2.26. The summed E-state index contributed by atoms with van der Waals surface area (Å²) in [6, 6.07) is 7.26. The Morgan fingerprint density at radius 1 is 1.55 bits per heavy atom. The third-order valence-corrected chi connectivity index (χ3v) is 4.01. The summed E-state index contributed by atoms with van der Waals surface area (Å²) in [6.45, 7) is 4.68. The minimum absolute atomic E-state index is 0.139. The summed E-state index contributed by atoms with van der Waals surface area (Å²) in [5.41, 5.74) is -0.807. The summed E-state index contributed by atoms with van der Waals surface area (Å²) in [4.78, 5) is 12.4. The van der Waals surface area contributed by atoms with Crippen molar-refractivity contribution >= 4 is 17.5 Å². The molecule has 5 heteroatoms. The van der Waals surface area contributed by atoms with Crippen molar-refractivity contribution in [3.05, 3.63) is 34.9 Å². The van der Waals surface area contributed by atoms with Crippen LogP contribution in [0.5, 0.6) is 0 Å². The van der Waals surface area contributed by atoms with Gasteiger partial charge in [-0.3, -0.25) is 4.79 Å². The van der Waals surface area contributed by atoms with E-state index in [1.165, 1.54) is 0 Å². The lowest BCUT2D eigenvalue weighted by Gasteiger charge is -2.27. The molecule has 0 spiro atoms. The van der Waals surface area contributed by atoms with Crippen LogP contribution in [0.25, 0.3) is 0 Å². The topological polar surface area (TPSA) is 58.6 Å². The Morgan fingerprint density at radius 3 is 2.90 bits per heavy atom. The van der Waals surface area contributed by atoms with Crippen molar-refractivity contribution in [1.29, 1.82) is 0 Å². The van der Waals surface area contributed by atoms with Gasteiger partial charge < -0.3 is 15.2 Å². The molecule has 0 unspecified atom stereocenters. The Balaban J connectivity index is 2.03. The van der Waals surface area contributed by atoms with Gasteiger partial charge in [0.25, 0.3) is 0 Å². The summed E-state index contributed by atoms with van der Waals surface area (Å²) in [5, 5.41) is 13.6. The number of carbonyl (C=O) groups is 1. The van der Waals surface area contributed by atoms with E-state index in [1.807, 2.05) is 26.0 Å². The van der Waals surface area contributed by atoms with Crippen molar-refractivity contribution < 1.29 is 14.6 Å². The van der Waals surface area contributed by atoms with Gasteiger partial charge in [0.2, 0.25) is 5.91 Å². The molecule has 0 aliphatic carbocycles. The number of benzene rings is 1. The Morgan fingerprint density at radius 2 is 2.30 bits per heavy atom. The molecule has 2 N–H and O–H groups in total. The van der Waals surface area contributed by atoms with Crippen molar-refractivity contribution in [2.24, 2.45) is 0 Å². The molecular formula is C15H20ClNO3. The van der Waals surface area contributed by atoms with Crippen LogP contribution in [0.1, 0.15) is 25.8 Å². The summed E-state index contributed by atoms with van der Waals surface area (Å²) < 4.78 is 5.16. The van der Waals surface area contributed by atoms with Crippen LogP contribution in [0.4, 0.5) is 0 Å². The summed E-state index contributed by atoms with van der Waals surface area (Å²) >= 11 is 5.97. The SMILES string of the molecule is CC(C)(C(=O)NC[C@@]1(O)CCOC1)c1cccc(Cl)c1. The second-order valence-corrected chi connectivity index (χ2v) is 6.28. The maximum Gasteiger partial charge on any atom is 0.230 e. The number of hydrogen-bond acceptors (Lipinski definition) is 3. The molecule has 0 bridgehead atoms. The fourth-order valence-corrected chi connectivity index (χ4v) is 2.40. The quantitative estimate of drug-likeness (QED) is 0.892. The second kappa shape index (κ2) is 5.72. The van der Waals surface area contributed by atoms with Crippen LogP contribution >= 0.6 is 11.6 Å². The first-order valence-electron chi connectivity index (χ1n) is 6.68. The van der Waals surface area contributed by atoms with Crippen LogP contribution in [0, 0.1) is 0 Å². The summed E-state index contributed by atoms with van der Waals surface area (Å²) in [6.07, 6.45) is 0.547. The largest absolute Gasteiger partial charge is 0.386 e. The first-order valence-corrected chi connectivity index (χ1v) is 7.06. The number of carbonyl (C=O) groups excluding carboxylic acids is 1. The van der Waals surface area contributed by atoms with E-state index in [0.29, 0.717) is 18.1 Å². The molecule has 0 aromatic heterocycles. The van der Waals surface area contributed by atoms with Crippen LogP contribution in [-0.4, -0.2) is 36.4 Å². The number of ether oxygens (including phenoxy) is 1. The zero-order chi connectivity index (χ0) is 14.8. The maximum absolute atomic E-state index is 12.4. The van der Waals surface area contributed by atoms with E-state index in [4.69, 9.17) is 16.3 Å². The number of halogens is 1. The van der Waals surface area contributed by atoms with Gasteiger partial charge >= 0.3 is 0 Å². The first kappa shape index (κ1) is 15.3. The Hall–Kier alpha value is -1.10. The number of hydrogen-bond donors (Lipinski definition) is 2. The molecule has 1 fully saturated rings. The number of aliphatic hydroxyl groups is 1. The van der Waals surface area contributed by atoms with Crippen LogP contribution in [0.15, 0.2) is 24.3 Å². The molecule has 2 rings (SSSR count). The molecule has 0 saturated carbocycles. The van der Waals surface area contributed by atoms with Crippen molar-refractivity contribution in [3.63, 3.8) is 0 Å². The van der Waals surface area contributed by atoms with Gasteiger partial charge in [0.05, 0.1) is 12.0 Å². The molecule has 1 amide bonds.